The highest BCUT2D eigenvalue weighted by molar-refractivity contribution is 7.15. The van der Waals surface area contributed by atoms with Gasteiger partial charge in [-0.1, -0.05) is 55.0 Å². The average molecular weight is 442 g/mol. The average Bonchev–Trinajstić information content (AvgIpc) is 3.26. The second-order valence-corrected chi connectivity index (χ2v) is 8.62. The van der Waals surface area contributed by atoms with E-state index < -0.39 is 0 Å². The minimum Gasteiger partial charge on any atom is -0.493 e. The maximum Gasteiger partial charge on any atom is 0.291 e. The number of fused-ring (bicyclic) bond motifs is 1. The first kappa shape index (κ1) is 20.4. The molecule has 8 heteroatoms. The summed E-state index contributed by atoms with van der Waals surface area (Å²) in [4.78, 5) is 17.8. The summed E-state index contributed by atoms with van der Waals surface area (Å²) in [6.07, 6.45) is 1.80. The Morgan fingerprint density at radius 3 is 2.73 bits per heavy atom. The third-order valence-electron chi connectivity index (χ3n) is 4.32. The first-order valence-electron chi connectivity index (χ1n) is 9.42. The highest BCUT2D eigenvalue weighted by Gasteiger charge is 2.13. The zero-order valence-electron chi connectivity index (χ0n) is 16.8. The van der Waals surface area contributed by atoms with Crippen molar-refractivity contribution in [2.75, 3.05) is 13.7 Å². The number of rotatable bonds is 6. The fourth-order valence-electron chi connectivity index (χ4n) is 2.88. The maximum atomic E-state index is 12.8. The summed E-state index contributed by atoms with van der Waals surface area (Å²) in [5.74, 6) is 2.19. The van der Waals surface area contributed by atoms with Crippen molar-refractivity contribution >= 4 is 34.0 Å². The molecule has 6 nitrogen and oxygen atoms in total. The molecule has 2 heterocycles. The van der Waals surface area contributed by atoms with Crippen LogP contribution in [0.15, 0.2) is 47.3 Å². The first-order chi connectivity index (χ1) is 14.4. The number of hydrogen-bond donors (Lipinski definition) is 0. The van der Waals surface area contributed by atoms with Gasteiger partial charge in [0.2, 0.25) is 4.96 Å². The maximum absolute atomic E-state index is 12.8. The lowest BCUT2D eigenvalue weighted by atomic mass is 10.2. The first-order valence-corrected chi connectivity index (χ1v) is 10.6. The molecule has 0 saturated carbocycles. The molecule has 154 valence electrons. The smallest absolute Gasteiger partial charge is 0.291 e. The molecule has 0 saturated heterocycles. The molecule has 0 fully saturated rings. The highest BCUT2D eigenvalue weighted by atomic mass is 35.5. The fourth-order valence-corrected chi connectivity index (χ4v) is 3.98. The van der Waals surface area contributed by atoms with Gasteiger partial charge < -0.3 is 9.47 Å². The Bertz CT molecular complexity index is 1310. The van der Waals surface area contributed by atoms with Gasteiger partial charge in [-0.15, -0.1) is 5.10 Å². The van der Waals surface area contributed by atoms with Gasteiger partial charge in [0.15, 0.2) is 17.3 Å². The van der Waals surface area contributed by atoms with Crippen molar-refractivity contribution in [2.45, 2.75) is 13.8 Å². The van der Waals surface area contributed by atoms with Gasteiger partial charge in [-0.2, -0.15) is 9.50 Å². The van der Waals surface area contributed by atoms with Gasteiger partial charge in [-0.3, -0.25) is 4.79 Å². The summed E-state index contributed by atoms with van der Waals surface area (Å²) >= 11 is 7.33. The van der Waals surface area contributed by atoms with E-state index in [-0.39, 0.29) is 5.56 Å². The van der Waals surface area contributed by atoms with Gasteiger partial charge >= 0.3 is 0 Å². The van der Waals surface area contributed by atoms with Crippen molar-refractivity contribution in [1.29, 1.82) is 0 Å². The van der Waals surface area contributed by atoms with E-state index in [1.54, 1.807) is 25.3 Å². The zero-order valence-corrected chi connectivity index (χ0v) is 18.3. The van der Waals surface area contributed by atoms with Crippen molar-refractivity contribution in [2.24, 2.45) is 5.92 Å². The summed E-state index contributed by atoms with van der Waals surface area (Å²) in [5.41, 5.74) is 1.39. The second kappa shape index (κ2) is 8.45. The van der Waals surface area contributed by atoms with Gasteiger partial charge in [0.25, 0.3) is 5.56 Å². The Hall–Kier alpha value is -2.90. The number of halogens is 1. The van der Waals surface area contributed by atoms with Crippen molar-refractivity contribution in [1.82, 2.24) is 14.6 Å². The highest BCUT2D eigenvalue weighted by Crippen LogP contribution is 2.29. The number of aromatic nitrogens is 3. The Kier molecular flexibility index (Phi) is 5.74. The molecule has 0 radical (unpaired) electrons. The molecule has 0 aliphatic heterocycles. The van der Waals surface area contributed by atoms with Crippen LogP contribution < -0.4 is 19.6 Å². The minimum atomic E-state index is -0.213. The van der Waals surface area contributed by atoms with Crippen LogP contribution in [-0.2, 0) is 0 Å². The molecule has 0 bridgehead atoms. The Morgan fingerprint density at radius 2 is 2.03 bits per heavy atom. The summed E-state index contributed by atoms with van der Waals surface area (Å²) < 4.78 is 13.1. The number of methoxy groups -OCH3 is 1. The third-order valence-corrected chi connectivity index (χ3v) is 5.52. The quantitative estimate of drug-likeness (QED) is 0.451. The van der Waals surface area contributed by atoms with Crippen LogP contribution in [0.5, 0.6) is 11.5 Å². The summed E-state index contributed by atoms with van der Waals surface area (Å²) in [6.45, 7) is 4.78. The largest absolute Gasteiger partial charge is 0.493 e. The number of ether oxygens (including phenoxy) is 2. The lowest BCUT2D eigenvalue weighted by Crippen LogP contribution is -2.23. The van der Waals surface area contributed by atoms with Crippen molar-refractivity contribution in [3.63, 3.8) is 0 Å². The number of benzene rings is 2. The van der Waals surface area contributed by atoms with Crippen LogP contribution in [0.4, 0.5) is 0 Å². The van der Waals surface area contributed by atoms with E-state index in [4.69, 9.17) is 21.1 Å². The Balaban J connectivity index is 1.68. The molecule has 0 aliphatic rings. The molecule has 30 heavy (non-hydrogen) atoms. The fraction of sp³-hybridized carbons (Fsp3) is 0.227. The minimum absolute atomic E-state index is 0.213. The standard InChI is InChI=1S/C22H20ClN3O3S/c1-13(2)12-29-17-8-7-14(9-18(17)28-3)10-19-21(27)26-22(30-19)24-20(25-26)15-5-4-6-16(23)11-15/h4-11,13H,12H2,1-3H3/b19-10-. The number of hydrogen-bond acceptors (Lipinski definition) is 6. The Morgan fingerprint density at radius 1 is 1.20 bits per heavy atom. The van der Waals surface area contributed by atoms with E-state index in [1.807, 2.05) is 30.3 Å². The normalized spacial score (nSPS) is 12.1. The molecule has 0 N–H and O–H groups in total. The summed E-state index contributed by atoms with van der Waals surface area (Å²) in [5, 5.41) is 4.95. The third kappa shape index (κ3) is 4.17. The van der Waals surface area contributed by atoms with E-state index >= 15 is 0 Å². The zero-order chi connectivity index (χ0) is 21.3. The van der Waals surface area contributed by atoms with E-state index in [1.165, 1.54) is 15.9 Å². The second-order valence-electron chi connectivity index (χ2n) is 7.17. The molecular formula is C22H20ClN3O3S. The lowest BCUT2D eigenvalue weighted by Gasteiger charge is -2.12. The van der Waals surface area contributed by atoms with Gasteiger partial charge in [0, 0.05) is 10.6 Å². The Labute approximate surface area is 182 Å². The van der Waals surface area contributed by atoms with E-state index in [9.17, 15) is 4.79 Å². The van der Waals surface area contributed by atoms with Crippen LogP contribution in [-0.4, -0.2) is 28.3 Å². The van der Waals surface area contributed by atoms with Crippen molar-refractivity contribution in [3.05, 3.63) is 67.9 Å². The molecule has 2 aromatic heterocycles. The molecule has 0 amide bonds. The molecule has 0 spiro atoms. The van der Waals surface area contributed by atoms with Crippen LogP contribution in [0, 0.1) is 5.92 Å². The molecule has 4 aromatic rings. The predicted molar refractivity (Wildman–Crippen MR) is 120 cm³/mol. The predicted octanol–water partition coefficient (Wildman–Crippen LogP) is 4.06. The van der Waals surface area contributed by atoms with E-state index in [2.05, 4.69) is 23.9 Å². The van der Waals surface area contributed by atoms with Crippen LogP contribution in [0.3, 0.4) is 0 Å². The van der Waals surface area contributed by atoms with Crippen LogP contribution >= 0.6 is 22.9 Å². The van der Waals surface area contributed by atoms with Crippen LogP contribution in [0.2, 0.25) is 5.02 Å². The summed E-state index contributed by atoms with van der Waals surface area (Å²) in [7, 11) is 1.60. The van der Waals surface area contributed by atoms with Gasteiger partial charge in [-0.25, -0.2) is 0 Å². The van der Waals surface area contributed by atoms with E-state index in [0.29, 0.717) is 44.4 Å². The molecule has 4 rings (SSSR count). The van der Waals surface area contributed by atoms with Gasteiger partial charge in [0.1, 0.15) is 0 Å². The van der Waals surface area contributed by atoms with E-state index in [0.717, 1.165) is 11.1 Å². The van der Waals surface area contributed by atoms with Crippen molar-refractivity contribution < 1.29 is 9.47 Å². The molecule has 0 unspecified atom stereocenters. The monoisotopic (exact) mass is 441 g/mol. The van der Waals surface area contributed by atoms with Crippen molar-refractivity contribution in [3.8, 4) is 22.9 Å². The molecule has 0 atom stereocenters. The molecule has 0 aliphatic carbocycles. The molecule has 2 aromatic carbocycles. The van der Waals surface area contributed by atoms with Crippen LogP contribution in [0.1, 0.15) is 19.4 Å². The molecular weight excluding hydrogens is 422 g/mol. The SMILES string of the molecule is COc1cc(/C=c2\sc3nc(-c4cccc(Cl)c4)nn3c2=O)ccc1OCC(C)C. The van der Waals surface area contributed by atoms with Crippen LogP contribution in [0.25, 0.3) is 22.4 Å². The topological polar surface area (TPSA) is 65.7 Å². The van der Waals surface area contributed by atoms with Gasteiger partial charge in [-0.05, 0) is 41.8 Å². The summed E-state index contributed by atoms with van der Waals surface area (Å²) in [6, 6.07) is 12.8. The number of nitrogens with zero attached hydrogens (tertiary/aromatic N) is 3. The lowest BCUT2D eigenvalue weighted by molar-refractivity contribution is 0.257. The van der Waals surface area contributed by atoms with Gasteiger partial charge in [0.05, 0.1) is 18.2 Å². The number of thiazole rings is 1.